The SMILES string of the molecule is COCCCN1CCN(c2ccc(-c3nc4cc(O[C@@H]5CO[C@H]6[C@@H]5OC[C@H]6O)[nH]c4cc3F)cc2)CC1. The zero-order valence-corrected chi connectivity index (χ0v) is 20.9. The van der Waals surface area contributed by atoms with Crippen LogP contribution in [0, 0.1) is 5.82 Å². The van der Waals surface area contributed by atoms with Crippen LogP contribution in [-0.4, -0.2) is 104 Å². The molecule has 3 aromatic rings. The number of fused-ring (bicyclic) bond motifs is 2. The zero-order valence-electron chi connectivity index (χ0n) is 20.9. The molecule has 9 nitrogen and oxygen atoms in total. The number of nitrogens with one attached hydrogen (secondary N) is 1. The Kier molecular flexibility index (Phi) is 7.00. The summed E-state index contributed by atoms with van der Waals surface area (Å²) in [6.07, 6.45) is -0.624. The maximum Gasteiger partial charge on any atom is 0.193 e. The number of halogens is 1. The number of aromatic nitrogens is 2. The van der Waals surface area contributed by atoms with E-state index in [0.717, 1.165) is 57.0 Å². The number of aromatic amines is 1. The van der Waals surface area contributed by atoms with Gasteiger partial charge in [0.05, 0.1) is 24.2 Å². The van der Waals surface area contributed by atoms with Gasteiger partial charge < -0.3 is 33.9 Å². The maximum absolute atomic E-state index is 15.0. The highest BCUT2D eigenvalue weighted by molar-refractivity contribution is 5.81. The Morgan fingerprint density at radius 2 is 1.86 bits per heavy atom. The first-order valence-electron chi connectivity index (χ1n) is 12.9. The van der Waals surface area contributed by atoms with Gasteiger partial charge >= 0.3 is 0 Å². The molecule has 1 aromatic carbocycles. The van der Waals surface area contributed by atoms with Crippen LogP contribution in [-0.2, 0) is 14.2 Å². The molecular weight excluding hydrogens is 479 g/mol. The molecule has 0 aliphatic carbocycles. The first-order chi connectivity index (χ1) is 18.1. The molecule has 4 atom stereocenters. The summed E-state index contributed by atoms with van der Waals surface area (Å²) in [6.45, 7) is 6.40. The van der Waals surface area contributed by atoms with Crippen LogP contribution in [0.1, 0.15) is 6.42 Å². The number of rotatable bonds is 8. The van der Waals surface area contributed by atoms with E-state index in [1.165, 1.54) is 6.07 Å². The molecule has 0 unspecified atom stereocenters. The van der Waals surface area contributed by atoms with Crippen molar-refractivity contribution in [2.45, 2.75) is 30.8 Å². The summed E-state index contributed by atoms with van der Waals surface area (Å²) in [5.74, 6) is 0.0693. The summed E-state index contributed by atoms with van der Waals surface area (Å²) >= 11 is 0. The van der Waals surface area contributed by atoms with Crippen molar-refractivity contribution in [1.82, 2.24) is 14.9 Å². The van der Waals surface area contributed by atoms with Crippen LogP contribution < -0.4 is 9.64 Å². The van der Waals surface area contributed by atoms with E-state index in [2.05, 4.69) is 19.8 Å². The van der Waals surface area contributed by atoms with Crippen molar-refractivity contribution >= 4 is 16.7 Å². The van der Waals surface area contributed by atoms with Gasteiger partial charge in [-0.05, 0) is 18.6 Å². The van der Waals surface area contributed by atoms with Gasteiger partial charge in [-0.3, -0.25) is 4.90 Å². The van der Waals surface area contributed by atoms with E-state index in [9.17, 15) is 5.11 Å². The van der Waals surface area contributed by atoms with Crippen LogP contribution >= 0.6 is 0 Å². The van der Waals surface area contributed by atoms with Crippen molar-refractivity contribution < 1.29 is 28.4 Å². The van der Waals surface area contributed by atoms with E-state index < -0.39 is 11.9 Å². The number of hydrogen-bond donors (Lipinski definition) is 2. The number of methoxy groups -OCH3 is 1. The lowest BCUT2D eigenvalue weighted by molar-refractivity contribution is 0.00794. The number of pyridine rings is 1. The molecule has 6 rings (SSSR count). The number of ether oxygens (including phenoxy) is 4. The van der Waals surface area contributed by atoms with E-state index in [1.54, 1.807) is 13.2 Å². The predicted octanol–water partition coefficient (Wildman–Crippen LogP) is 2.43. The van der Waals surface area contributed by atoms with Crippen LogP contribution in [0.5, 0.6) is 5.88 Å². The molecule has 0 radical (unpaired) electrons. The van der Waals surface area contributed by atoms with Crippen molar-refractivity contribution in [3.05, 3.63) is 42.2 Å². The third-order valence-electron chi connectivity index (χ3n) is 7.49. The first kappa shape index (κ1) is 24.6. The molecule has 5 heterocycles. The molecule has 3 fully saturated rings. The number of benzene rings is 1. The molecule has 37 heavy (non-hydrogen) atoms. The summed E-state index contributed by atoms with van der Waals surface area (Å²) in [4.78, 5) is 12.5. The van der Waals surface area contributed by atoms with Gasteiger partial charge in [0.25, 0.3) is 0 Å². The average molecular weight is 513 g/mol. The molecule has 3 saturated heterocycles. The minimum atomic E-state index is -0.637. The van der Waals surface area contributed by atoms with Crippen molar-refractivity contribution in [2.75, 3.05) is 64.6 Å². The highest BCUT2D eigenvalue weighted by Crippen LogP contribution is 2.32. The number of nitrogens with zero attached hydrogens (tertiary/aromatic N) is 3. The fraction of sp³-hybridized carbons (Fsp3) is 0.519. The van der Waals surface area contributed by atoms with Crippen molar-refractivity contribution in [2.24, 2.45) is 0 Å². The fourth-order valence-electron chi connectivity index (χ4n) is 5.47. The lowest BCUT2D eigenvalue weighted by Crippen LogP contribution is -2.46. The first-order valence-corrected chi connectivity index (χ1v) is 12.9. The highest BCUT2D eigenvalue weighted by atomic mass is 19.1. The van der Waals surface area contributed by atoms with Crippen LogP contribution in [0.3, 0.4) is 0 Å². The van der Waals surface area contributed by atoms with Crippen molar-refractivity contribution in [3.63, 3.8) is 0 Å². The van der Waals surface area contributed by atoms with E-state index >= 15 is 4.39 Å². The van der Waals surface area contributed by atoms with Crippen LogP contribution in [0.4, 0.5) is 10.1 Å². The van der Waals surface area contributed by atoms with Gasteiger partial charge in [-0.1, -0.05) is 12.1 Å². The highest BCUT2D eigenvalue weighted by Gasteiger charge is 2.48. The van der Waals surface area contributed by atoms with Crippen LogP contribution in [0.15, 0.2) is 36.4 Å². The lowest BCUT2D eigenvalue weighted by Gasteiger charge is -2.36. The van der Waals surface area contributed by atoms with Gasteiger partial charge in [0.15, 0.2) is 17.8 Å². The molecule has 0 amide bonds. The van der Waals surface area contributed by atoms with Crippen LogP contribution in [0.25, 0.3) is 22.3 Å². The Morgan fingerprint density at radius 3 is 2.65 bits per heavy atom. The van der Waals surface area contributed by atoms with E-state index in [1.807, 2.05) is 24.3 Å². The summed E-state index contributed by atoms with van der Waals surface area (Å²) in [5.41, 5.74) is 3.34. The number of aliphatic hydroxyl groups excluding tert-OH is 1. The summed E-state index contributed by atoms with van der Waals surface area (Å²) in [5, 5.41) is 9.93. The largest absolute Gasteiger partial charge is 0.470 e. The number of aliphatic hydroxyl groups is 1. The van der Waals surface area contributed by atoms with Gasteiger partial charge in [-0.25, -0.2) is 9.37 Å². The summed E-state index contributed by atoms with van der Waals surface area (Å²) < 4.78 is 37.5. The van der Waals surface area contributed by atoms with Crippen molar-refractivity contribution in [1.29, 1.82) is 0 Å². The third kappa shape index (κ3) is 5.04. The molecular formula is C27H33FN4O5. The molecule has 198 valence electrons. The van der Waals surface area contributed by atoms with E-state index in [0.29, 0.717) is 29.2 Å². The second kappa shape index (κ2) is 10.5. The smallest absolute Gasteiger partial charge is 0.193 e. The van der Waals surface area contributed by atoms with Gasteiger partial charge in [0.1, 0.15) is 24.0 Å². The zero-order chi connectivity index (χ0) is 25.4. The standard InChI is InChI=1S/C27H33FN4O5/c1-34-12-2-7-31-8-10-32(11-9-31)18-5-3-17(4-6-18)25-19(28)13-20-21(30-25)14-24(29-20)37-23-16-36-26-22(33)15-35-27(23)26/h3-6,13-14,22-23,26-27,29,33H,2,7-12,15-16H2,1H3/t22-,23-,26-,27-/m1/s1. The normalized spacial score (nSPS) is 26.2. The molecule has 0 saturated carbocycles. The Labute approximate surface area is 215 Å². The monoisotopic (exact) mass is 512 g/mol. The second-order valence-corrected chi connectivity index (χ2v) is 9.93. The van der Waals surface area contributed by atoms with Crippen molar-refractivity contribution in [3.8, 4) is 17.1 Å². The van der Waals surface area contributed by atoms with Crippen LogP contribution in [0.2, 0.25) is 0 Å². The van der Waals surface area contributed by atoms with Gasteiger partial charge in [0.2, 0.25) is 0 Å². The Morgan fingerprint density at radius 1 is 1.08 bits per heavy atom. The van der Waals surface area contributed by atoms with E-state index in [4.69, 9.17) is 18.9 Å². The minimum absolute atomic E-state index is 0.238. The van der Waals surface area contributed by atoms with Gasteiger partial charge in [-0.2, -0.15) is 0 Å². The maximum atomic E-state index is 15.0. The summed E-state index contributed by atoms with van der Waals surface area (Å²) in [6, 6.07) is 11.2. The topological polar surface area (TPSA) is 92.3 Å². The molecule has 2 aromatic heterocycles. The Balaban J connectivity index is 1.12. The van der Waals surface area contributed by atoms with Gasteiger partial charge in [-0.15, -0.1) is 0 Å². The molecule has 10 heteroatoms. The molecule has 3 aliphatic heterocycles. The fourth-order valence-corrected chi connectivity index (χ4v) is 5.47. The number of H-pyrrole nitrogens is 1. The second-order valence-electron chi connectivity index (χ2n) is 9.93. The average Bonchev–Trinajstić information content (AvgIpc) is 3.61. The molecule has 3 aliphatic rings. The molecule has 2 N–H and O–H groups in total. The van der Waals surface area contributed by atoms with Gasteiger partial charge in [0, 0.05) is 69.8 Å². The quantitative estimate of drug-likeness (QED) is 0.445. The third-order valence-corrected chi connectivity index (χ3v) is 7.49. The molecule has 0 bridgehead atoms. The number of anilines is 1. The number of hydrogen-bond acceptors (Lipinski definition) is 8. The number of piperazine rings is 1. The molecule has 0 spiro atoms. The Hall–Kier alpha value is -2.76. The Bertz CT molecular complexity index is 1210. The lowest BCUT2D eigenvalue weighted by atomic mass is 10.1. The predicted molar refractivity (Wildman–Crippen MR) is 137 cm³/mol. The van der Waals surface area contributed by atoms with E-state index in [-0.39, 0.29) is 24.9 Å². The summed E-state index contributed by atoms with van der Waals surface area (Å²) in [7, 11) is 1.74. The minimum Gasteiger partial charge on any atom is -0.470 e.